The summed E-state index contributed by atoms with van der Waals surface area (Å²) >= 11 is 1.29. The number of rotatable bonds is 2. The summed E-state index contributed by atoms with van der Waals surface area (Å²) in [7, 11) is 1.37. The van der Waals surface area contributed by atoms with E-state index in [0.717, 1.165) is 0 Å². The fraction of sp³-hybridized carbons (Fsp3) is 0.500. The number of hydrogen-bond acceptors (Lipinski definition) is 5. The van der Waals surface area contributed by atoms with Gasteiger partial charge in [0.05, 0.1) is 5.57 Å². The molecule has 2 atom stereocenters. The van der Waals surface area contributed by atoms with Gasteiger partial charge < -0.3 is 9.84 Å². The van der Waals surface area contributed by atoms with Crippen LogP contribution < -0.4 is 5.73 Å². The normalized spacial score (nSPS) is 34.3. The van der Waals surface area contributed by atoms with Gasteiger partial charge in [0.2, 0.25) is 5.72 Å². The number of nitrogens with zero attached hydrogens (tertiary/aromatic N) is 1. The summed E-state index contributed by atoms with van der Waals surface area (Å²) in [5.41, 5.74) is 4.61. The van der Waals surface area contributed by atoms with Gasteiger partial charge in [-0.15, -0.1) is 11.8 Å². The molecule has 0 spiro atoms. The molecule has 7 heteroatoms. The first-order valence-electron chi connectivity index (χ1n) is 4.23. The summed E-state index contributed by atoms with van der Waals surface area (Å²) in [6.45, 7) is 0. The topological polar surface area (TPSA) is 92.9 Å². The Morgan fingerprint density at radius 3 is 3.07 bits per heavy atom. The molecule has 2 heterocycles. The summed E-state index contributed by atoms with van der Waals surface area (Å²) in [5, 5.41) is 8.44. The first-order chi connectivity index (χ1) is 7.00. The lowest BCUT2D eigenvalue weighted by molar-refractivity contribution is -0.179. The first-order valence-corrected chi connectivity index (χ1v) is 5.28. The zero-order valence-corrected chi connectivity index (χ0v) is 8.78. The second-order valence-electron chi connectivity index (χ2n) is 3.33. The number of carbonyl (C=O) groups excluding carboxylic acids is 1. The number of aliphatic carboxylic acids is 1. The summed E-state index contributed by atoms with van der Waals surface area (Å²) < 4.78 is 4.94. The lowest BCUT2D eigenvalue weighted by atomic mass is 10.0. The highest BCUT2D eigenvalue weighted by Gasteiger charge is 2.60. The van der Waals surface area contributed by atoms with Crippen molar-refractivity contribution in [1.29, 1.82) is 0 Å². The molecular weight excluding hydrogens is 220 g/mol. The number of hydrogen-bond donors (Lipinski definition) is 2. The van der Waals surface area contributed by atoms with E-state index in [1.54, 1.807) is 0 Å². The predicted octanol–water partition coefficient (Wildman–Crippen LogP) is -0.829. The third-order valence-electron chi connectivity index (χ3n) is 2.49. The van der Waals surface area contributed by atoms with Crippen LogP contribution in [0.4, 0.5) is 0 Å². The van der Waals surface area contributed by atoms with Crippen molar-refractivity contribution in [3.05, 3.63) is 11.8 Å². The molecule has 2 aliphatic heterocycles. The fourth-order valence-electron chi connectivity index (χ4n) is 1.56. The molecule has 0 bridgehead atoms. The zero-order valence-electron chi connectivity index (χ0n) is 7.97. The molecule has 1 amide bonds. The van der Waals surface area contributed by atoms with Gasteiger partial charge >= 0.3 is 5.97 Å². The second kappa shape index (κ2) is 3.22. The molecule has 1 unspecified atom stereocenters. The molecule has 1 saturated heterocycles. The number of carboxylic acids is 1. The lowest BCUT2D eigenvalue weighted by Crippen LogP contribution is -2.77. The Kier molecular flexibility index (Phi) is 2.25. The average Bonchev–Trinajstić information content (AvgIpc) is 2.26. The largest absolute Gasteiger partial charge is 0.478 e. The van der Waals surface area contributed by atoms with E-state index in [4.69, 9.17) is 15.6 Å². The molecule has 0 aromatic carbocycles. The van der Waals surface area contributed by atoms with E-state index in [1.165, 1.54) is 30.0 Å². The van der Waals surface area contributed by atoms with Gasteiger partial charge in [-0.25, -0.2) is 4.79 Å². The Labute approximate surface area is 90.0 Å². The van der Waals surface area contributed by atoms with Gasteiger partial charge in [-0.2, -0.15) is 0 Å². The van der Waals surface area contributed by atoms with Crippen molar-refractivity contribution in [3.8, 4) is 0 Å². The highest BCUT2D eigenvalue weighted by molar-refractivity contribution is 8.00. The van der Waals surface area contributed by atoms with E-state index in [9.17, 15) is 9.59 Å². The number of carboxylic acid groups (broad SMARTS) is 1. The van der Waals surface area contributed by atoms with Crippen LogP contribution >= 0.6 is 11.8 Å². The predicted molar refractivity (Wildman–Crippen MR) is 52.7 cm³/mol. The third kappa shape index (κ3) is 1.27. The molecule has 82 valence electrons. The van der Waals surface area contributed by atoms with Gasteiger partial charge in [-0.1, -0.05) is 0 Å². The monoisotopic (exact) mass is 230 g/mol. The number of β-lactam (4-membered cyclic amide) rings is 1. The van der Waals surface area contributed by atoms with Crippen LogP contribution in [0, 0.1) is 0 Å². The lowest BCUT2D eigenvalue weighted by Gasteiger charge is -2.52. The maximum absolute atomic E-state index is 11.5. The van der Waals surface area contributed by atoms with Crippen LogP contribution in [0.3, 0.4) is 0 Å². The van der Waals surface area contributed by atoms with Crippen molar-refractivity contribution in [2.24, 2.45) is 5.73 Å². The third-order valence-corrected chi connectivity index (χ3v) is 3.86. The SMILES string of the molecule is COC1(N)C(=O)N2C=C(C(=O)O)CS[C@@H]21. The number of carbonyl (C=O) groups is 2. The van der Waals surface area contributed by atoms with E-state index in [2.05, 4.69) is 0 Å². The minimum atomic E-state index is -1.30. The minimum Gasteiger partial charge on any atom is -0.478 e. The highest BCUT2D eigenvalue weighted by Crippen LogP contribution is 2.41. The minimum absolute atomic E-state index is 0.197. The number of ether oxygens (including phenoxy) is 1. The van der Waals surface area contributed by atoms with E-state index < -0.39 is 17.6 Å². The van der Waals surface area contributed by atoms with Crippen molar-refractivity contribution in [1.82, 2.24) is 4.90 Å². The van der Waals surface area contributed by atoms with Crippen LogP contribution in [0.25, 0.3) is 0 Å². The summed E-state index contributed by atoms with van der Waals surface area (Å²) in [4.78, 5) is 23.5. The Morgan fingerprint density at radius 2 is 2.53 bits per heavy atom. The van der Waals surface area contributed by atoms with Gasteiger partial charge in [0.25, 0.3) is 5.91 Å². The fourth-order valence-corrected chi connectivity index (χ4v) is 2.86. The molecule has 0 radical (unpaired) electrons. The van der Waals surface area contributed by atoms with E-state index >= 15 is 0 Å². The Bertz CT molecular complexity index is 370. The molecule has 6 nitrogen and oxygen atoms in total. The molecule has 1 fully saturated rings. The highest BCUT2D eigenvalue weighted by atomic mass is 32.2. The zero-order chi connectivity index (χ0) is 11.2. The number of thioether (sulfide) groups is 1. The van der Waals surface area contributed by atoms with Crippen molar-refractivity contribution in [3.63, 3.8) is 0 Å². The van der Waals surface area contributed by atoms with Crippen molar-refractivity contribution >= 4 is 23.6 Å². The van der Waals surface area contributed by atoms with Crippen LogP contribution in [0.1, 0.15) is 0 Å². The van der Waals surface area contributed by atoms with Crippen LogP contribution in [-0.2, 0) is 14.3 Å². The number of fused-ring (bicyclic) bond motifs is 1. The number of amides is 1. The van der Waals surface area contributed by atoms with Crippen LogP contribution in [0.2, 0.25) is 0 Å². The van der Waals surface area contributed by atoms with E-state index in [0.29, 0.717) is 5.75 Å². The molecule has 0 aliphatic carbocycles. The average molecular weight is 230 g/mol. The van der Waals surface area contributed by atoms with Crippen molar-refractivity contribution in [2.75, 3.05) is 12.9 Å². The van der Waals surface area contributed by atoms with Crippen LogP contribution in [0.5, 0.6) is 0 Å². The quantitative estimate of drug-likeness (QED) is 0.475. The molecular formula is C8H10N2O4S. The summed E-state index contributed by atoms with van der Waals surface area (Å²) in [5.74, 6) is -1.09. The molecule has 3 N–H and O–H groups in total. The van der Waals surface area contributed by atoms with Gasteiger partial charge in [0.15, 0.2) is 0 Å². The number of methoxy groups -OCH3 is 1. The maximum Gasteiger partial charge on any atom is 0.333 e. The van der Waals surface area contributed by atoms with Gasteiger partial charge in [-0.3, -0.25) is 15.4 Å². The molecule has 15 heavy (non-hydrogen) atoms. The summed E-state index contributed by atoms with van der Waals surface area (Å²) in [6.07, 6.45) is 1.33. The van der Waals surface area contributed by atoms with Crippen LogP contribution in [-0.4, -0.2) is 45.8 Å². The van der Waals surface area contributed by atoms with Crippen molar-refractivity contribution in [2.45, 2.75) is 11.1 Å². The molecule has 0 aromatic heterocycles. The molecule has 2 aliphatic rings. The standard InChI is InChI=1S/C8H10N2O4S/c1-14-8(9)6(13)10-2-4(5(11)12)3-15-7(8)10/h2,7H,3,9H2,1H3,(H,11,12)/t7-,8?/m1/s1. The molecule has 0 saturated carbocycles. The van der Waals surface area contributed by atoms with Crippen molar-refractivity contribution < 1.29 is 19.4 Å². The molecule has 0 aromatic rings. The van der Waals surface area contributed by atoms with Crippen LogP contribution in [0.15, 0.2) is 11.8 Å². The van der Waals surface area contributed by atoms with Gasteiger partial charge in [0, 0.05) is 19.1 Å². The van der Waals surface area contributed by atoms with Gasteiger partial charge in [0.1, 0.15) is 5.37 Å². The maximum atomic E-state index is 11.5. The Morgan fingerprint density at radius 1 is 1.87 bits per heavy atom. The number of nitrogens with two attached hydrogens (primary N) is 1. The Hall–Kier alpha value is -1.05. The first kappa shape index (κ1) is 10.5. The second-order valence-corrected chi connectivity index (χ2v) is 4.40. The molecule has 2 rings (SSSR count). The van der Waals surface area contributed by atoms with E-state index in [-0.39, 0.29) is 10.9 Å². The summed E-state index contributed by atoms with van der Waals surface area (Å²) in [6, 6.07) is 0. The Balaban J connectivity index is 2.23. The van der Waals surface area contributed by atoms with Gasteiger partial charge in [-0.05, 0) is 0 Å². The van der Waals surface area contributed by atoms with E-state index in [1.807, 2.05) is 0 Å². The smallest absolute Gasteiger partial charge is 0.333 e.